The first-order valence-corrected chi connectivity index (χ1v) is 20.7. The lowest BCUT2D eigenvalue weighted by Gasteiger charge is -2.30. The maximum absolute atomic E-state index is 14.1. The second-order valence-electron chi connectivity index (χ2n) is 14.5. The number of carboxylic acids is 2. The highest BCUT2D eigenvalue weighted by molar-refractivity contribution is 8.00. The third-order valence-corrected chi connectivity index (χ3v) is 11.6. The van der Waals surface area contributed by atoms with Gasteiger partial charge in [-0.1, -0.05) is 43.2 Å². The van der Waals surface area contributed by atoms with Crippen molar-refractivity contribution in [2.45, 2.75) is 68.8 Å². The summed E-state index contributed by atoms with van der Waals surface area (Å²) in [5.74, 6) is -4.43. The van der Waals surface area contributed by atoms with Crippen molar-refractivity contribution >= 4 is 69.8 Å². The number of fused-ring (bicyclic) bond motifs is 2. The minimum atomic E-state index is -1.27. The Hall–Kier alpha value is -6.40. The summed E-state index contributed by atoms with van der Waals surface area (Å²) in [6, 6.07) is 17.5. The molecule has 4 heterocycles. The Morgan fingerprint density at radius 1 is 0.900 bits per heavy atom. The van der Waals surface area contributed by atoms with Gasteiger partial charge in [0.05, 0.1) is 35.4 Å². The van der Waals surface area contributed by atoms with Crippen LogP contribution >= 0.6 is 11.8 Å². The fourth-order valence-corrected chi connectivity index (χ4v) is 8.08. The number of carbonyl (C=O) groups is 6. The molecule has 0 fully saturated rings. The second kappa shape index (κ2) is 20.5. The van der Waals surface area contributed by atoms with Gasteiger partial charge in [0.25, 0.3) is 5.91 Å². The fourth-order valence-electron chi connectivity index (χ4n) is 7.01. The summed E-state index contributed by atoms with van der Waals surface area (Å²) < 4.78 is 0. The van der Waals surface area contributed by atoms with E-state index in [4.69, 9.17) is 21.0 Å². The Balaban J connectivity index is 1.01. The van der Waals surface area contributed by atoms with Crippen LogP contribution in [0.2, 0.25) is 0 Å². The standard InChI is InChI=1S/C42H47N9O8S/c43-33(41(57)58)25-60-36(20-38(53)54)39(55)47-22-37(52)46-15-3-1-2-4-18-51-40(56)32(30-7-5-9-34-31(30)8-6-16-45-34)19-35(49-51)26-10-12-29(13-11-26)48-42(59)50-23-27-14-17-44-21-28(27)24-50/h5-14,16-17,21,32-33,36H,1-4,15,18-20,22-25,43H2,(H,46,52)(H,47,55)(H,48,59)(H,53,54)(H,57,58). The second-order valence-corrected chi connectivity index (χ2v) is 15.8. The van der Waals surface area contributed by atoms with Crippen molar-refractivity contribution in [3.8, 4) is 0 Å². The van der Waals surface area contributed by atoms with E-state index in [-0.39, 0.29) is 24.2 Å². The highest BCUT2D eigenvalue weighted by Crippen LogP contribution is 2.34. The average Bonchev–Trinajstić information content (AvgIpc) is 3.69. The van der Waals surface area contributed by atoms with E-state index < -0.39 is 47.4 Å². The molecule has 2 aromatic heterocycles. The SMILES string of the molecule is NC(CSC(CC(=O)O)C(=O)NCC(=O)NCCCCCCN1N=C(c2ccc(NC(=O)N3Cc4ccncc4C3)cc2)CC(c2cccc3ncccc23)C1=O)C(=O)O. The Labute approximate surface area is 350 Å². The lowest BCUT2D eigenvalue weighted by molar-refractivity contribution is -0.138. The van der Waals surface area contributed by atoms with Gasteiger partial charge < -0.3 is 36.8 Å². The van der Waals surface area contributed by atoms with Crippen LogP contribution in [0.15, 0.2) is 84.4 Å². The summed E-state index contributed by atoms with van der Waals surface area (Å²) in [7, 11) is 0. The van der Waals surface area contributed by atoms with Gasteiger partial charge in [0.15, 0.2) is 0 Å². The molecule has 2 aliphatic rings. The lowest BCUT2D eigenvalue weighted by Crippen LogP contribution is -2.42. The van der Waals surface area contributed by atoms with Crippen LogP contribution < -0.4 is 21.7 Å². The van der Waals surface area contributed by atoms with Gasteiger partial charge in [0.1, 0.15) is 6.04 Å². The van der Waals surface area contributed by atoms with E-state index in [2.05, 4.69) is 25.9 Å². The van der Waals surface area contributed by atoms with Gasteiger partial charge in [-0.25, -0.2) is 9.80 Å². The lowest BCUT2D eigenvalue weighted by atomic mass is 9.86. The van der Waals surface area contributed by atoms with E-state index in [9.17, 15) is 28.8 Å². The number of nitrogens with one attached hydrogen (secondary N) is 3. The molecule has 0 bridgehead atoms. The molecule has 3 atom stereocenters. The number of pyridine rings is 2. The molecule has 0 saturated carbocycles. The summed E-state index contributed by atoms with van der Waals surface area (Å²) >= 11 is 0.807. The number of hydrogen-bond acceptors (Lipinski definition) is 11. The van der Waals surface area contributed by atoms with Gasteiger partial charge >= 0.3 is 18.0 Å². The molecule has 6 rings (SSSR count). The highest BCUT2D eigenvalue weighted by atomic mass is 32.2. The van der Waals surface area contributed by atoms with Gasteiger partial charge in [0, 0.05) is 68.0 Å². The van der Waals surface area contributed by atoms with E-state index in [0.717, 1.165) is 63.5 Å². The molecule has 0 saturated heterocycles. The summed E-state index contributed by atoms with van der Waals surface area (Å²) in [5.41, 5.74) is 11.5. The van der Waals surface area contributed by atoms with Crippen LogP contribution in [0.1, 0.15) is 66.7 Å². The zero-order chi connectivity index (χ0) is 42.6. The largest absolute Gasteiger partial charge is 0.481 e. The number of benzene rings is 2. The first kappa shape index (κ1) is 43.2. The van der Waals surface area contributed by atoms with Crippen molar-refractivity contribution in [3.63, 3.8) is 0 Å². The number of carboxylic acid groups (broad SMARTS) is 2. The third-order valence-electron chi connectivity index (χ3n) is 10.2. The van der Waals surface area contributed by atoms with Gasteiger partial charge in [-0.05, 0) is 65.4 Å². The zero-order valence-electron chi connectivity index (χ0n) is 32.8. The minimum absolute atomic E-state index is 0.108. The number of hydrogen-bond donors (Lipinski definition) is 6. The van der Waals surface area contributed by atoms with Gasteiger partial charge in [-0.15, -0.1) is 11.8 Å². The monoisotopic (exact) mass is 837 g/mol. The third kappa shape index (κ3) is 11.4. The molecule has 0 radical (unpaired) electrons. The molecular formula is C42H47N9O8S. The van der Waals surface area contributed by atoms with Gasteiger partial charge in [0.2, 0.25) is 11.8 Å². The first-order valence-electron chi connectivity index (χ1n) is 19.6. The Morgan fingerprint density at radius 3 is 2.45 bits per heavy atom. The summed E-state index contributed by atoms with van der Waals surface area (Å²) in [4.78, 5) is 84.6. The Bertz CT molecular complexity index is 2230. The highest BCUT2D eigenvalue weighted by Gasteiger charge is 2.34. The van der Waals surface area contributed by atoms with Crippen LogP contribution in [0.4, 0.5) is 10.5 Å². The fraction of sp³-hybridized carbons (Fsp3) is 0.357. The molecule has 3 unspecified atom stereocenters. The molecule has 18 heteroatoms. The van der Waals surface area contributed by atoms with Crippen LogP contribution in [-0.4, -0.2) is 108 Å². The van der Waals surface area contributed by atoms with Crippen LogP contribution in [-0.2, 0) is 37.1 Å². The Kier molecular flexibility index (Phi) is 14.8. The molecule has 0 aliphatic carbocycles. The average molecular weight is 838 g/mol. The maximum Gasteiger partial charge on any atom is 0.322 e. The number of unbranched alkanes of at least 4 members (excludes halogenated alkanes) is 3. The smallest absolute Gasteiger partial charge is 0.322 e. The molecule has 7 N–H and O–H groups in total. The molecule has 60 heavy (non-hydrogen) atoms. The van der Waals surface area contributed by atoms with E-state index in [1.807, 2.05) is 60.7 Å². The van der Waals surface area contributed by atoms with Crippen LogP contribution in [0.3, 0.4) is 0 Å². The molecule has 2 aromatic carbocycles. The van der Waals surface area contributed by atoms with Crippen LogP contribution in [0.25, 0.3) is 10.9 Å². The number of hydrazone groups is 1. The van der Waals surface area contributed by atoms with E-state index >= 15 is 0 Å². The van der Waals surface area contributed by atoms with Crippen molar-refractivity contribution in [2.75, 3.05) is 30.7 Å². The van der Waals surface area contributed by atoms with Crippen molar-refractivity contribution in [2.24, 2.45) is 10.8 Å². The number of thioether (sulfide) groups is 1. The predicted octanol–water partition coefficient (Wildman–Crippen LogP) is 3.68. The number of amides is 5. The van der Waals surface area contributed by atoms with Crippen molar-refractivity contribution < 1.29 is 39.0 Å². The van der Waals surface area contributed by atoms with E-state index in [1.54, 1.807) is 28.5 Å². The number of aliphatic carboxylic acids is 2. The molecule has 5 amide bonds. The normalized spacial score (nSPS) is 15.8. The van der Waals surface area contributed by atoms with E-state index in [1.165, 1.54) is 0 Å². The van der Waals surface area contributed by atoms with Crippen molar-refractivity contribution in [3.05, 3.63) is 102 Å². The molecule has 314 valence electrons. The predicted molar refractivity (Wildman–Crippen MR) is 225 cm³/mol. The van der Waals surface area contributed by atoms with Crippen LogP contribution in [0.5, 0.6) is 0 Å². The minimum Gasteiger partial charge on any atom is -0.481 e. The number of carbonyl (C=O) groups excluding carboxylic acids is 4. The van der Waals surface area contributed by atoms with E-state index in [0.29, 0.717) is 51.1 Å². The number of urea groups is 1. The Morgan fingerprint density at radius 2 is 1.68 bits per heavy atom. The van der Waals surface area contributed by atoms with Crippen LogP contribution in [0, 0.1) is 0 Å². The number of aromatic nitrogens is 2. The number of anilines is 1. The van der Waals surface area contributed by atoms with Gasteiger partial charge in [-0.3, -0.25) is 33.9 Å². The maximum atomic E-state index is 14.1. The van der Waals surface area contributed by atoms with Gasteiger partial charge in [-0.2, -0.15) is 5.10 Å². The summed E-state index contributed by atoms with van der Waals surface area (Å²) in [6.45, 7) is 1.37. The quantitative estimate of drug-likeness (QED) is 0.0741. The zero-order valence-corrected chi connectivity index (χ0v) is 33.6. The number of nitrogens with zero attached hydrogens (tertiary/aromatic N) is 5. The number of rotatable bonds is 19. The molecule has 17 nitrogen and oxygen atoms in total. The summed E-state index contributed by atoms with van der Waals surface area (Å²) in [6.07, 6.45) is 7.87. The molecular weight excluding hydrogens is 791 g/mol. The van der Waals surface area contributed by atoms with Crippen molar-refractivity contribution in [1.82, 2.24) is 30.5 Å². The first-order chi connectivity index (χ1) is 29.0. The topological polar surface area (TPSA) is 250 Å². The molecule has 2 aliphatic heterocycles. The summed E-state index contributed by atoms with van der Waals surface area (Å²) in [5, 5.41) is 32.4. The molecule has 4 aromatic rings. The van der Waals surface area contributed by atoms with Crippen molar-refractivity contribution in [1.29, 1.82) is 0 Å². The molecule has 0 spiro atoms. The number of nitrogens with two attached hydrogens (primary N) is 1.